The third kappa shape index (κ3) is 13.9. The summed E-state index contributed by atoms with van der Waals surface area (Å²) in [5.41, 5.74) is 1.06. The quantitative estimate of drug-likeness (QED) is 0.238. The lowest BCUT2D eigenvalue weighted by Gasteiger charge is -2.19. The number of rotatable bonds is 19. The van der Waals surface area contributed by atoms with E-state index in [2.05, 4.69) is 13.5 Å². The van der Waals surface area contributed by atoms with Gasteiger partial charge in [0.05, 0.1) is 6.10 Å². The zero-order valence-corrected chi connectivity index (χ0v) is 18.5. The highest BCUT2D eigenvalue weighted by Crippen LogP contribution is 2.20. The highest BCUT2D eigenvalue weighted by Gasteiger charge is 2.13. The molecule has 0 amide bonds. The number of carboxylic acid groups (broad SMARTS) is 1. The van der Waals surface area contributed by atoms with E-state index in [1.165, 1.54) is 70.6 Å². The number of benzene rings is 1. The molecule has 0 aliphatic rings. The number of carboxylic acids is 1. The van der Waals surface area contributed by atoms with Crippen LogP contribution in [-0.2, 0) is 4.79 Å². The smallest absolute Gasteiger partial charge is 0.303 e. The van der Waals surface area contributed by atoms with Gasteiger partial charge in [-0.05, 0) is 37.0 Å². The molecule has 1 N–H and O–H groups in total. The Balaban J connectivity index is 2.16. The van der Waals surface area contributed by atoms with Crippen molar-refractivity contribution in [3.8, 4) is 5.75 Å². The Morgan fingerprint density at radius 2 is 1.41 bits per heavy atom. The van der Waals surface area contributed by atoms with Crippen molar-refractivity contribution in [3.63, 3.8) is 0 Å². The molecule has 0 saturated carbocycles. The fourth-order valence-electron chi connectivity index (χ4n) is 3.63. The van der Waals surface area contributed by atoms with E-state index in [1.54, 1.807) is 6.08 Å². The standard InChI is InChI=1S/C26H42O3/c1-3-5-6-7-8-9-10-11-12-13-14-15-16-24(21-22-26(27)28)29-25-19-17-23(4-2)18-20-25/h4,17-20,24H,2-3,5-16,21-22H2,1H3,(H,27,28). The maximum absolute atomic E-state index is 10.9. The predicted octanol–water partition coefficient (Wildman–Crippen LogP) is 8.03. The lowest BCUT2D eigenvalue weighted by molar-refractivity contribution is -0.137. The Labute approximate surface area is 178 Å². The Morgan fingerprint density at radius 3 is 1.90 bits per heavy atom. The molecule has 0 saturated heterocycles. The molecular formula is C26H42O3. The number of hydrogen-bond acceptors (Lipinski definition) is 2. The average molecular weight is 403 g/mol. The van der Waals surface area contributed by atoms with Gasteiger partial charge >= 0.3 is 5.97 Å². The molecule has 164 valence electrons. The minimum Gasteiger partial charge on any atom is -0.490 e. The van der Waals surface area contributed by atoms with Crippen LogP contribution in [0.25, 0.3) is 6.08 Å². The number of aliphatic carboxylic acids is 1. The number of hydrogen-bond donors (Lipinski definition) is 1. The van der Waals surface area contributed by atoms with Crippen LogP contribution in [0.5, 0.6) is 5.75 Å². The monoisotopic (exact) mass is 402 g/mol. The number of carbonyl (C=O) groups is 1. The summed E-state index contributed by atoms with van der Waals surface area (Å²) in [6.07, 6.45) is 19.4. The van der Waals surface area contributed by atoms with Crippen LogP contribution in [-0.4, -0.2) is 17.2 Å². The van der Waals surface area contributed by atoms with Crippen molar-refractivity contribution in [1.82, 2.24) is 0 Å². The van der Waals surface area contributed by atoms with Crippen LogP contribution < -0.4 is 4.74 Å². The molecule has 3 nitrogen and oxygen atoms in total. The fraction of sp³-hybridized carbons (Fsp3) is 0.654. The van der Waals surface area contributed by atoms with Crippen LogP contribution >= 0.6 is 0 Å². The second-order valence-corrected chi connectivity index (χ2v) is 8.12. The van der Waals surface area contributed by atoms with E-state index in [-0.39, 0.29) is 12.5 Å². The van der Waals surface area contributed by atoms with Gasteiger partial charge in [0.1, 0.15) is 5.75 Å². The zero-order chi connectivity index (χ0) is 21.2. The lowest BCUT2D eigenvalue weighted by atomic mass is 10.0. The van der Waals surface area contributed by atoms with Gasteiger partial charge in [-0.15, -0.1) is 0 Å². The van der Waals surface area contributed by atoms with Gasteiger partial charge in [-0.2, -0.15) is 0 Å². The molecule has 3 heteroatoms. The van der Waals surface area contributed by atoms with Crippen LogP contribution in [0.2, 0.25) is 0 Å². The summed E-state index contributed by atoms with van der Waals surface area (Å²) >= 11 is 0. The van der Waals surface area contributed by atoms with Gasteiger partial charge in [0.25, 0.3) is 0 Å². The first-order chi connectivity index (χ1) is 14.2. The minimum atomic E-state index is -0.754. The van der Waals surface area contributed by atoms with Gasteiger partial charge in [-0.3, -0.25) is 4.79 Å². The van der Waals surface area contributed by atoms with E-state index in [4.69, 9.17) is 9.84 Å². The van der Waals surface area contributed by atoms with E-state index >= 15 is 0 Å². The maximum atomic E-state index is 10.9. The Hall–Kier alpha value is -1.77. The maximum Gasteiger partial charge on any atom is 0.303 e. The molecule has 29 heavy (non-hydrogen) atoms. The molecule has 0 aliphatic heterocycles. The highest BCUT2D eigenvalue weighted by molar-refractivity contribution is 5.66. The molecule has 0 aliphatic carbocycles. The van der Waals surface area contributed by atoms with E-state index in [0.29, 0.717) is 6.42 Å². The summed E-state index contributed by atoms with van der Waals surface area (Å²) in [6.45, 7) is 6.03. The normalized spacial score (nSPS) is 11.9. The van der Waals surface area contributed by atoms with Crippen LogP contribution in [0.3, 0.4) is 0 Å². The van der Waals surface area contributed by atoms with Gasteiger partial charge in [0.2, 0.25) is 0 Å². The van der Waals surface area contributed by atoms with Crippen LogP contribution in [0.4, 0.5) is 0 Å². The van der Waals surface area contributed by atoms with Crippen molar-refractivity contribution < 1.29 is 14.6 Å². The predicted molar refractivity (Wildman–Crippen MR) is 124 cm³/mol. The minimum absolute atomic E-state index is 0.0243. The van der Waals surface area contributed by atoms with E-state index in [0.717, 1.165) is 24.2 Å². The van der Waals surface area contributed by atoms with Crippen molar-refractivity contribution >= 4 is 12.0 Å². The van der Waals surface area contributed by atoms with Gasteiger partial charge in [0, 0.05) is 6.42 Å². The Morgan fingerprint density at radius 1 is 0.897 bits per heavy atom. The van der Waals surface area contributed by atoms with Gasteiger partial charge in [-0.1, -0.05) is 102 Å². The van der Waals surface area contributed by atoms with Crippen LogP contribution in [0.1, 0.15) is 109 Å². The average Bonchev–Trinajstić information content (AvgIpc) is 2.73. The van der Waals surface area contributed by atoms with Gasteiger partial charge < -0.3 is 9.84 Å². The summed E-state index contributed by atoms with van der Waals surface area (Å²) in [7, 11) is 0. The van der Waals surface area contributed by atoms with Crippen molar-refractivity contribution in [3.05, 3.63) is 36.4 Å². The molecule has 1 unspecified atom stereocenters. The molecule has 1 aromatic carbocycles. The van der Waals surface area contributed by atoms with Gasteiger partial charge in [-0.25, -0.2) is 0 Å². The van der Waals surface area contributed by atoms with E-state index < -0.39 is 5.97 Å². The third-order valence-corrected chi connectivity index (χ3v) is 5.48. The highest BCUT2D eigenvalue weighted by atomic mass is 16.5. The summed E-state index contributed by atoms with van der Waals surface area (Å²) < 4.78 is 6.07. The van der Waals surface area contributed by atoms with Crippen molar-refractivity contribution in [2.45, 2.75) is 109 Å². The zero-order valence-electron chi connectivity index (χ0n) is 18.5. The van der Waals surface area contributed by atoms with Gasteiger partial charge in [0.15, 0.2) is 0 Å². The molecule has 0 heterocycles. The third-order valence-electron chi connectivity index (χ3n) is 5.48. The Kier molecular flexibility index (Phi) is 14.9. The molecular weight excluding hydrogens is 360 g/mol. The lowest BCUT2D eigenvalue weighted by Crippen LogP contribution is -2.18. The largest absolute Gasteiger partial charge is 0.490 e. The molecule has 0 bridgehead atoms. The Bertz CT molecular complexity index is 535. The first kappa shape index (κ1) is 25.3. The topological polar surface area (TPSA) is 46.5 Å². The molecule has 0 aromatic heterocycles. The summed E-state index contributed by atoms with van der Waals surface area (Å²) in [6, 6.07) is 7.82. The van der Waals surface area contributed by atoms with Crippen LogP contribution in [0.15, 0.2) is 30.8 Å². The molecule has 0 fully saturated rings. The second-order valence-electron chi connectivity index (χ2n) is 8.12. The van der Waals surface area contributed by atoms with Crippen molar-refractivity contribution in [2.75, 3.05) is 0 Å². The molecule has 1 rings (SSSR count). The first-order valence-corrected chi connectivity index (χ1v) is 11.8. The SMILES string of the molecule is C=Cc1ccc(OC(CCCCCCCCCCCCCC)CCC(=O)O)cc1. The second kappa shape index (κ2) is 17.1. The van der Waals surface area contributed by atoms with E-state index in [9.17, 15) is 4.79 Å². The number of unbranched alkanes of at least 4 members (excludes halogenated alkanes) is 11. The molecule has 1 atom stereocenters. The number of ether oxygens (including phenoxy) is 1. The summed E-state index contributed by atoms with van der Waals surface area (Å²) in [4.78, 5) is 10.9. The van der Waals surface area contributed by atoms with Crippen LogP contribution in [0, 0.1) is 0 Å². The summed E-state index contributed by atoms with van der Waals surface area (Å²) in [5, 5.41) is 9.00. The first-order valence-electron chi connectivity index (χ1n) is 11.8. The summed E-state index contributed by atoms with van der Waals surface area (Å²) in [5.74, 6) is 0.0558. The van der Waals surface area contributed by atoms with E-state index in [1.807, 2.05) is 24.3 Å². The fourth-order valence-corrected chi connectivity index (χ4v) is 3.63. The molecule has 0 spiro atoms. The van der Waals surface area contributed by atoms with Crippen molar-refractivity contribution in [1.29, 1.82) is 0 Å². The molecule has 1 aromatic rings. The molecule has 0 radical (unpaired) electrons. The van der Waals surface area contributed by atoms with Crippen molar-refractivity contribution in [2.24, 2.45) is 0 Å².